The van der Waals surface area contributed by atoms with E-state index in [1.54, 1.807) is 12.4 Å². The molecule has 0 N–H and O–H groups in total. The lowest BCUT2D eigenvalue weighted by molar-refractivity contribution is 0.297. The minimum absolute atomic E-state index is 0.326. The van der Waals surface area contributed by atoms with Crippen molar-refractivity contribution < 1.29 is 4.74 Å². The van der Waals surface area contributed by atoms with E-state index in [0.29, 0.717) is 17.6 Å². The predicted octanol–water partition coefficient (Wildman–Crippen LogP) is 3.15. The lowest BCUT2D eigenvalue weighted by Crippen LogP contribution is -2.04. The zero-order valence-electron chi connectivity index (χ0n) is 11.1. The van der Waals surface area contributed by atoms with Crippen LogP contribution in [0.4, 0.5) is 0 Å². The number of rotatable bonds is 5. The van der Waals surface area contributed by atoms with Gasteiger partial charge in [-0.05, 0) is 44.4 Å². The molecule has 0 fully saturated rings. The highest BCUT2D eigenvalue weighted by molar-refractivity contribution is 6.30. The number of pyridine rings is 1. The van der Waals surface area contributed by atoms with Gasteiger partial charge in [-0.1, -0.05) is 11.6 Å². The molecule has 0 saturated heterocycles. The minimum atomic E-state index is 0.326. The summed E-state index contributed by atoms with van der Waals surface area (Å²) < 4.78 is 5.57. The lowest BCUT2D eigenvalue weighted by atomic mass is 10.1. The third-order valence-corrected chi connectivity index (χ3v) is 3.08. The van der Waals surface area contributed by atoms with Gasteiger partial charge >= 0.3 is 0 Å². The van der Waals surface area contributed by atoms with Crippen LogP contribution < -0.4 is 4.74 Å². The fourth-order valence-electron chi connectivity index (χ4n) is 1.64. The fraction of sp³-hybridized carbons (Fsp3) is 0.357. The van der Waals surface area contributed by atoms with E-state index >= 15 is 0 Å². The topological polar surface area (TPSA) is 47.9 Å². The molecule has 4 nitrogen and oxygen atoms in total. The van der Waals surface area contributed by atoms with Crippen LogP contribution in [0.5, 0.6) is 5.88 Å². The van der Waals surface area contributed by atoms with Gasteiger partial charge in [-0.2, -0.15) is 0 Å². The highest BCUT2D eigenvalue weighted by atomic mass is 35.5. The van der Waals surface area contributed by atoms with Crippen LogP contribution in [0.25, 0.3) is 0 Å². The van der Waals surface area contributed by atoms with E-state index in [1.165, 1.54) is 5.56 Å². The third kappa shape index (κ3) is 3.89. The first-order valence-corrected chi connectivity index (χ1v) is 6.57. The molecular weight excluding hydrogens is 262 g/mol. The smallest absolute Gasteiger partial charge is 0.252 e. The van der Waals surface area contributed by atoms with Crippen LogP contribution in [0.2, 0.25) is 5.15 Å². The Morgan fingerprint density at radius 2 is 1.79 bits per heavy atom. The minimum Gasteiger partial charge on any atom is -0.475 e. The molecule has 0 aliphatic heterocycles. The molecule has 2 rings (SSSR count). The normalized spacial score (nSPS) is 10.5. The number of halogens is 1. The van der Waals surface area contributed by atoms with Crippen molar-refractivity contribution in [2.24, 2.45) is 0 Å². The van der Waals surface area contributed by atoms with E-state index in [0.717, 1.165) is 24.2 Å². The highest BCUT2D eigenvalue weighted by Gasteiger charge is 2.07. The summed E-state index contributed by atoms with van der Waals surface area (Å²) in [7, 11) is 0. The average Bonchev–Trinajstić information content (AvgIpc) is 2.41. The van der Waals surface area contributed by atoms with Gasteiger partial charge < -0.3 is 4.74 Å². The summed E-state index contributed by atoms with van der Waals surface area (Å²) in [5.74, 6) is 0.416. The SMILES string of the molecule is Cc1nc(Cl)c(OCCCc2ccncc2)nc1C. The summed E-state index contributed by atoms with van der Waals surface area (Å²) in [5, 5.41) is 0.326. The van der Waals surface area contributed by atoms with Gasteiger partial charge in [0.05, 0.1) is 18.0 Å². The van der Waals surface area contributed by atoms with Gasteiger partial charge in [-0.3, -0.25) is 4.98 Å². The Kier molecular flexibility index (Phi) is 4.68. The summed E-state index contributed by atoms with van der Waals surface area (Å²) >= 11 is 5.99. The van der Waals surface area contributed by atoms with Crippen molar-refractivity contribution in [1.82, 2.24) is 15.0 Å². The number of hydrogen-bond donors (Lipinski definition) is 0. The van der Waals surface area contributed by atoms with Crippen molar-refractivity contribution in [2.45, 2.75) is 26.7 Å². The Bertz CT molecular complexity index is 546. The standard InChI is InChI=1S/C14H16ClN3O/c1-10-11(2)18-14(13(15)17-10)19-9-3-4-12-5-7-16-8-6-12/h5-8H,3-4,9H2,1-2H3. The molecule has 2 aromatic rings. The number of nitrogens with zero attached hydrogens (tertiary/aromatic N) is 3. The van der Waals surface area contributed by atoms with Crippen molar-refractivity contribution >= 4 is 11.6 Å². The molecule has 2 heterocycles. The van der Waals surface area contributed by atoms with Crippen LogP contribution in [-0.2, 0) is 6.42 Å². The summed E-state index contributed by atoms with van der Waals surface area (Å²) in [4.78, 5) is 12.5. The van der Waals surface area contributed by atoms with Gasteiger partial charge in [0.25, 0.3) is 5.88 Å². The van der Waals surface area contributed by atoms with Crippen molar-refractivity contribution in [1.29, 1.82) is 0 Å². The summed E-state index contributed by atoms with van der Waals surface area (Å²) in [6, 6.07) is 4.01. The first kappa shape index (κ1) is 13.7. The zero-order chi connectivity index (χ0) is 13.7. The summed E-state index contributed by atoms with van der Waals surface area (Å²) in [6.45, 7) is 4.34. The van der Waals surface area contributed by atoms with Crippen LogP contribution >= 0.6 is 11.6 Å². The molecule has 0 amide bonds. The molecule has 0 unspecified atom stereocenters. The van der Waals surface area contributed by atoms with Crippen LogP contribution in [0, 0.1) is 13.8 Å². The van der Waals surface area contributed by atoms with E-state index in [1.807, 2.05) is 26.0 Å². The van der Waals surface area contributed by atoms with Gasteiger partial charge in [0.1, 0.15) is 0 Å². The van der Waals surface area contributed by atoms with Gasteiger partial charge in [-0.25, -0.2) is 9.97 Å². The van der Waals surface area contributed by atoms with Crippen LogP contribution in [-0.4, -0.2) is 21.6 Å². The first-order valence-electron chi connectivity index (χ1n) is 6.19. The molecule has 2 aromatic heterocycles. The molecular formula is C14H16ClN3O. The van der Waals surface area contributed by atoms with E-state index in [4.69, 9.17) is 16.3 Å². The van der Waals surface area contributed by atoms with E-state index in [2.05, 4.69) is 15.0 Å². The van der Waals surface area contributed by atoms with Gasteiger partial charge in [0, 0.05) is 12.4 Å². The van der Waals surface area contributed by atoms with E-state index < -0.39 is 0 Å². The number of aromatic nitrogens is 3. The summed E-state index contributed by atoms with van der Waals surface area (Å²) in [6.07, 6.45) is 5.43. The Hall–Kier alpha value is -1.68. The Morgan fingerprint density at radius 3 is 2.53 bits per heavy atom. The maximum absolute atomic E-state index is 5.99. The zero-order valence-corrected chi connectivity index (χ0v) is 11.8. The second-order valence-corrected chi connectivity index (χ2v) is 4.66. The predicted molar refractivity (Wildman–Crippen MR) is 74.6 cm³/mol. The van der Waals surface area contributed by atoms with Crippen molar-refractivity contribution in [2.75, 3.05) is 6.61 Å². The molecule has 0 aliphatic carbocycles. The van der Waals surface area contributed by atoms with Gasteiger partial charge in [-0.15, -0.1) is 0 Å². The maximum Gasteiger partial charge on any atom is 0.252 e. The lowest BCUT2D eigenvalue weighted by Gasteiger charge is -2.08. The fourth-order valence-corrected chi connectivity index (χ4v) is 1.87. The van der Waals surface area contributed by atoms with Crippen LogP contribution in [0.1, 0.15) is 23.4 Å². The molecule has 0 aromatic carbocycles. The van der Waals surface area contributed by atoms with E-state index in [9.17, 15) is 0 Å². The first-order chi connectivity index (χ1) is 9.16. The second kappa shape index (κ2) is 6.48. The third-order valence-electron chi connectivity index (χ3n) is 2.83. The average molecular weight is 278 g/mol. The Morgan fingerprint density at radius 1 is 1.11 bits per heavy atom. The van der Waals surface area contributed by atoms with Crippen molar-refractivity contribution in [3.63, 3.8) is 0 Å². The van der Waals surface area contributed by atoms with Crippen LogP contribution in [0.3, 0.4) is 0 Å². The summed E-state index contributed by atoms with van der Waals surface area (Å²) in [5.41, 5.74) is 2.92. The maximum atomic E-state index is 5.99. The van der Waals surface area contributed by atoms with Crippen LogP contribution in [0.15, 0.2) is 24.5 Å². The Balaban J connectivity index is 1.85. The van der Waals surface area contributed by atoms with Gasteiger partial charge in [0.2, 0.25) is 0 Å². The quantitative estimate of drug-likeness (QED) is 0.788. The molecule has 0 radical (unpaired) electrons. The molecule has 0 bridgehead atoms. The molecule has 100 valence electrons. The monoisotopic (exact) mass is 277 g/mol. The van der Waals surface area contributed by atoms with Gasteiger partial charge in [0.15, 0.2) is 5.15 Å². The largest absolute Gasteiger partial charge is 0.475 e. The molecule has 0 spiro atoms. The molecule has 5 heteroatoms. The van der Waals surface area contributed by atoms with Crippen molar-refractivity contribution in [3.8, 4) is 5.88 Å². The number of ether oxygens (including phenoxy) is 1. The number of hydrogen-bond acceptors (Lipinski definition) is 4. The number of aryl methyl sites for hydroxylation is 3. The molecule has 19 heavy (non-hydrogen) atoms. The molecule has 0 aliphatic rings. The van der Waals surface area contributed by atoms with E-state index in [-0.39, 0.29) is 0 Å². The molecule has 0 saturated carbocycles. The van der Waals surface area contributed by atoms with Crippen molar-refractivity contribution in [3.05, 3.63) is 46.6 Å². The Labute approximate surface area is 117 Å². The molecule has 0 atom stereocenters. The second-order valence-electron chi connectivity index (χ2n) is 4.30. The highest BCUT2D eigenvalue weighted by Crippen LogP contribution is 2.20.